The zero-order valence-electron chi connectivity index (χ0n) is 17.2. The van der Waals surface area contributed by atoms with Gasteiger partial charge in [0.25, 0.3) is 0 Å². The number of benzene rings is 2. The lowest BCUT2D eigenvalue weighted by molar-refractivity contribution is -0.117. The average molecular weight is 418 g/mol. The highest BCUT2D eigenvalue weighted by Gasteiger charge is 2.30. The van der Waals surface area contributed by atoms with E-state index in [1.807, 2.05) is 37.3 Å². The monoisotopic (exact) mass is 417 g/mol. The molecule has 0 bridgehead atoms. The molecule has 0 saturated heterocycles. The zero-order valence-corrected chi connectivity index (χ0v) is 18.0. The molecule has 0 aliphatic rings. The van der Waals surface area contributed by atoms with E-state index in [1.54, 1.807) is 12.1 Å². The van der Waals surface area contributed by atoms with Gasteiger partial charge in [0.2, 0.25) is 0 Å². The number of anilines is 1. The highest BCUT2D eigenvalue weighted by molar-refractivity contribution is 7.91. The van der Waals surface area contributed by atoms with E-state index in [1.165, 1.54) is 6.07 Å². The molecule has 0 amide bonds. The Balaban J connectivity index is 2.32. The maximum Gasteiger partial charge on any atom is 0.178 e. The maximum absolute atomic E-state index is 13.2. The first-order valence-corrected chi connectivity index (χ1v) is 11.8. The normalized spacial score (nSPS) is 13.6. The molecule has 29 heavy (non-hydrogen) atoms. The molecule has 2 N–H and O–H groups in total. The number of carbonyl (C=O) groups is 1. The SMILES string of the molecule is CCCCC(C=O)(CC)CCS(=O)(=O)c1ccc(NO)cc1Cc1ccccc1. The lowest BCUT2D eigenvalue weighted by atomic mass is 9.79. The van der Waals surface area contributed by atoms with Crippen LogP contribution in [0.25, 0.3) is 0 Å². The molecule has 1 atom stereocenters. The predicted molar refractivity (Wildman–Crippen MR) is 116 cm³/mol. The number of sulfone groups is 1. The van der Waals surface area contributed by atoms with Gasteiger partial charge in [0.15, 0.2) is 9.84 Å². The van der Waals surface area contributed by atoms with Crippen molar-refractivity contribution in [1.29, 1.82) is 0 Å². The van der Waals surface area contributed by atoms with Crippen molar-refractivity contribution in [2.45, 2.75) is 57.3 Å². The number of unbranched alkanes of at least 4 members (excludes halogenated alkanes) is 1. The summed E-state index contributed by atoms with van der Waals surface area (Å²) in [5, 5.41) is 9.24. The second kappa shape index (κ2) is 10.6. The van der Waals surface area contributed by atoms with Crippen LogP contribution in [0.15, 0.2) is 53.4 Å². The molecule has 0 aromatic heterocycles. The Kier molecular flexibility index (Phi) is 8.41. The van der Waals surface area contributed by atoms with Crippen molar-refractivity contribution in [3.8, 4) is 0 Å². The summed E-state index contributed by atoms with van der Waals surface area (Å²) < 4.78 is 26.4. The van der Waals surface area contributed by atoms with Gasteiger partial charge < -0.3 is 4.79 Å². The molecule has 6 heteroatoms. The van der Waals surface area contributed by atoms with E-state index >= 15 is 0 Å². The van der Waals surface area contributed by atoms with Crippen LogP contribution in [0.2, 0.25) is 0 Å². The molecule has 0 fully saturated rings. The van der Waals surface area contributed by atoms with E-state index in [0.29, 0.717) is 36.9 Å². The quantitative estimate of drug-likeness (QED) is 0.374. The molecule has 2 aromatic rings. The summed E-state index contributed by atoms with van der Waals surface area (Å²) in [5.41, 5.74) is 3.55. The van der Waals surface area contributed by atoms with Gasteiger partial charge in [-0.1, -0.05) is 57.0 Å². The summed E-state index contributed by atoms with van der Waals surface area (Å²) in [6.45, 7) is 4.01. The van der Waals surface area contributed by atoms with Gasteiger partial charge in [-0.15, -0.1) is 0 Å². The molecule has 1 unspecified atom stereocenters. The lowest BCUT2D eigenvalue weighted by Gasteiger charge is -2.26. The van der Waals surface area contributed by atoms with Crippen LogP contribution in [-0.2, 0) is 21.1 Å². The van der Waals surface area contributed by atoms with E-state index in [-0.39, 0.29) is 10.6 Å². The Morgan fingerprint density at radius 1 is 1.07 bits per heavy atom. The second-order valence-corrected chi connectivity index (χ2v) is 9.68. The Morgan fingerprint density at radius 2 is 1.79 bits per heavy atom. The second-order valence-electron chi connectivity index (χ2n) is 7.60. The van der Waals surface area contributed by atoms with Crippen molar-refractivity contribution < 1.29 is 18.4 Å². The first-order chi connectivity index (χ1) is 13.9. The Labute approximate surface area is 174 Å². The van der Waals surface area contributed by atoms with Gasteiger partial charge in [0, 0.05) is 5.41 Å². The third-order valence-corrected chi connectivity index (χ3v) is 7.42. The summed E-state index contributed by atoms with van der Waals surface area (Å²) >= 11 is 0. The standard InChI is InChI=1S/C23H31NO4S/c1-3-5-13-23(4-2,18-25)14-15-29(27,28)22-12-11-21(24-26)17-20(22)16-19-9-7-6-8-10-19/h6-12,17-18,24,26H,3-5,13-16H2,1-2H3. The van der Waals surface area contributed by atoms with Crippen LogP contribution in [-0.4, -0.2) is 25.7 Å². The predicted octanol–water partition coefficient (Wildman–Crippen LogP) is 5.03. The largest absolute Gasteiger partial charge is 0.303 e. The van der Waals surface area contributed by atoms with Gasteiger partial charge in [0.05, 0.1) is 16.3 Å². The summed E-state index contributed by atoms with van der Waals surface area (Å²) in [5.74, 6) is -0.0724. The van der Waals surface area contributed by atoms with Gasteiger partial charge in [-0.05, 0) is 55.0 Å². The van der Waals surface area contributed by atoms with Gasteiger partial charge in [0.1, 0.15) is 6.29 Å². The molecular weight excluding hydrogens is 386 g/mol. The van der Waals surface area contributed by atoms with Crippen LogP contribution in [0.4, 0.5) is 5.69 Å². The molecule has 0 aliphatic heterocycles. The number of carbonyl (C=O) groups excluding carboxylic acids is 1. The first kappa shape index (κ1) is 23.1. The number of rotatable bonds is 12. The van der Waals surface area contributed by atoms with E-state index < -0.39 is 15.3 Å². The van der Waals surface area contributed by atoms with E-state index in [4.69, 9.17) is 0 Å². The molecule has 2 aromatic carbocycles. The van der Waals surface area contributed by atoms with Crippen molar-refractivity contribution in [3.05, 3.63) is 59.7 Å². The molecule has 0 radical (unpaired) electrons. The van der Waals surface area contributed by atoms with E-state index in [2.05, 4.69) is 12.4 Å². The third kappa shape index (κ3) is 6.15. The number of hydrogen-bond donors (Lipinski definition) is 2. The van der Waals surface area contributed by atoms with Crippen molar-refractivity contribution in [3.63, 3.8) is 0 Å². The minimum absolute atomic E-state index is 0.0724. The Bertz CT molecular complexity index is 896. The fraction of sp³-hybridized carbons (Fsp3) is 0.435. The molecule has 5 nitrogen and oxygen atoms in total. The van der Waals surface area contributed by atoms with E-state index in [0.717, 1.165) is 24.7 Å². The van der Waals surface area contributed by atoms with Crippen molar-refractivity contribution in [1.82, 2.24) is 0 Å². The third-order valence-electron chi connectivity index (χ3n) is 5.61. The van der Waals surface area contributed by atoms with Gasteiger partial charge in [-0.25, -0.2) is 8.42 Å². The Morgan fingerprint density at radius 3 is 2.38 bits per heavy atom. The van der Waals surface area contributed by atoms with Crippen molar-refractivity contribution >= 4 is 21.8 Å². The molecule has 0 saturated carbocycles. The van der Waals surface area contributed by atoms with Crippen LogP contribution in [0.3, 0.4) is 0 Å². The topological polar surface area (TPSA) is 83.5 Å². The van der Waals surface area contributed by atoms with Crippen LogP contribution in [0.5, 0.6) is 0 Å². The smallest absolute Gasteiger partial charge is 0.178 e. The van der Waals surface area contributed by atoms with Crippen LogP contribution in [0, 0.1) is 5.41 Å². The lowest BCUT2D eigenvalue weighted by Crippen LogP contribution is -2.26. The Hall–Kier alpha value is -2.18. The van der Waals surface area contributed by atoms with Gasteiger partial charge in [-0.2, -0.15) is 0 Å². The fourth-order valence-electron chi connectivity index (χ4n) is 3.56. The van der Waals surface area contributed by atoms with Crippen LogP contribution < -0.4 is 5.48 Å². The van der Waals surface area contributed by atoms with Crippen molar-refractivity contribution in [2.24, 2.45) is 5.41 Å². The minimum Gasteiger partial charge on any atom is -0.303 e. The number of hydrogen-bond acceptors (Lipinski definition) is 5. The number of aldehydes is 1. The molecule has 2 rings (SSSR count). The van der Waals surface area contributed by atoms with Gasteiger partial charge >= 0.3 is 0 Å². The molecule has 158 valence electrons. The summed E-state index contributed by atoms with van der Waals surface area (Å²) in [6, 6.07) is 14.3. The zero-order chi connectivity index (χ0) is 21.3. The van der Waals surface area contributed by atoms with E-state index in [9.17, 15) is 18.4 Å². The highest BCUT2D eigenvalue weighted by atomic mass is 32.2. The highest BCUT2D eigenvalue weighted by Crippen LogP contribution is 2.33. The average Bonchev–Trinajstić information content (AvgIpc) is 2.75. The molecule has 0 aliphatic carbocycles. The summed E-state index contributed by atoms with van der Waals surface area (Å²) in [4.78, 5) is 12.0. The fourth-order valence-corrected chi connectivity index (χ4v) is 5.26. The minimum atomic E-state index is -3.58. The molecular formula is C23H31NO4S. The van der Waals surface area contributed by atoms with Crippen molar-refractivity contribution in [2.75, 3.05) is 11.2 Å². The summed E-state index contributed by atoms with van der Waals surface area (Å²) in [7, 11) is -3.58. The van der Waals surface area contributed by atoms with Gasteiger partial charge in [-0.3, -0.25) is 10.7 Å². The first-order valence-electron chi connectivity index (χ1n) is 10.2. The molecule has 0 spiro atoms. The maximum atomic E-state index is 13.2. The summed E-state index contributed by atoms with van der Waals surface area (Å²) in [6.07, 6.45) is 4.93. The number of nitrogens with one attached hydrogen (secondary N) is 1. The van der Waals surface area contributed by atoms with Crippen LogP contribution in [0.1, 0.15) is 57.1 Å². The molecule has 0 heterocycles. The van der Waals surface area contributed by atoms with Crippen LogP contribution >= 0.6 is 0 Å².